The number of benzene rings is 1. The van der Waals surface area contributed by atoms with E-state index in [1.807, 2.05) is 74.8 Å². The second-order valence-electron chi connectivity index (χ2n) is 9.62. The highest BCUT2D eigenvalue weighted by Crippen LogP contribution is 2.27. The van der Waals surface area contributed by atoms with Crippen LogP contribution in [0.1, 0.15) is 40.2 Å². The van der Waals surface area contributed by atoms with Crippen LogP contribution >= 0.6 is 0 Å². The van der Waals surface area contributed by atoms with Crippen molar-refractivity contribution in [2.75, 3.05) is 31.1 Å². The summed E-state index contributed by atoms with van der Waals surface area (Å²) in [7, 11) is 0. The molecule has 1 aliphatic rings. The number of nitrogens with one attached hydrogen (secondary N) is 1. The number of amides is 1. The predicted octanol–water partition coefficient (Wildman–Crippen LogP) is 2.50. The molecule has 0 atom stereocenters. The van der Waals surface area contributed by atoms with Gasteiger partial charge in [-0.1, -0.05) is 30.3 Å². The van der Waals surface area contributed by atoms with Crippen molar-refractivity contribution in [3.63, 3.8) is 0 Å². The topological polar surface area (TPSA) is 87.1 Å². The fraction of sp³-hybridized carbons (Fsp3) is 0.478. The Morgan fingerprint density at radius 3 is 2.26 bits per heavy atom. The molecule has 8 nitrogen and oxygen atoms in total. The maximum atomic E-state index is 13.2. The molecule has 1 saturated heterocycles. The highest BCUT2D eigenvalue weighted by molar-refractivity contribution is 5.87. The molecule has 3 aromatic rings. The summed E-state index contributed by atoms with van der Waals surface area (Å²) >= 11 is 0. The van der Waals surface area contributed by atoms with Gasteiger partial charge in [0.05, 0.1) is 17.2 Å². The van der Waals surface area contributed by atoms with E-state index in [4.69, 9.17) is 4.98 Å². The molecule has 0 spiro atoms. The van der Waals surface area contributed by atoms with Gasteiger partial charge in [0.1, 0.15) is 5.39 Å². The first-order valence-corrected chi connectivity index (χ1v) is 10.7. The number of hydrogen-bond acceptors (Lipinski definition) is 5. The highest BCUT2D eigenvalue weighted by Gasteiger charge is 2.35. The third-order valence-electron chi connectivity index (χ3n) is 5.96. The molecule has 0 unspecified atom stereocenters. The molecule has 1 fully saturated rings. The zero-order valence-corrected chi connectivity index (χ0v) is 18.8. The van der Waals surface area contributed by atoms with E-state index >= 15 is 0 Å². The lowest BCUT2D eigenvalue weighted by Gasteiger charge is -2.39. The van der Waals surface area contributed by atoms with Crippen molar-refractivity contribution in [3.8, 4) is 0 Å². The zero-order chi connectivity index (χ0) is 22.4. The number of carbonyl (C=O) groups is 1. The van der Waals surface area contributed by atoms with Crippen LogP contribution in [-0.2, 0) is 15.7 Å². The lowest BCUT2D eigenvalue weighted by atomic mass is 9.83. The maximum Gasteiger partial charge on any atom is 0.263 e. The fourth-order valence-electron chi connectivity index (χ4n) is 4.04. The minimum atomic E-state index is -0.589. The van der Waals surface area contributed by atoms with Gasteiger partial charge in [-0.05, 0) is 40.2 Å². The first-order valence-electron chi connectivity index (χ1n) is 10.7. The number of piperazine rings is 1. The molecule has 3 heterocycles. The second-order valence-corrected chi connectivity index (χ2v) is 9.62. The Kier molecular flexibility index (Phi) is 5.11. The molecule has 31 heavy (non-hydrogen) atoms. The van der Waals surface area contributed by atoms with E-state index < -0.39 is 5.41 Å². The molecule has 8 heteroatoms. The molecule has 1 amide bonds. The Morgan fingerprint density at radius 1 is 1.00 bits per heavy atom. The van der Waals surface area contributed by atoms with E-state index in [-0.39, 0.29) is 17.0 Å². The van der Waals surface area contributed by atoms with Crippen molar-refractivity contribution in [1.82, 2.24) is 24.6 Å². The minimum absolute atomic E-state index is 0.112. The largest absolute Gasteiger partial charge is 0.339 e. The van der Waals surface area contributed by atoms with E-state index in [1.54, 1.807) is 10.9 Å². The van der Waals surface area contributed by atoms with E-state index in [2.05, 4.69) is 10.1 Å². The summed E-state index contributed by atoms with van der Waals surface area (Å²) in [6, 6.07) is 9.87. The van der Waals surface area contributed by atoms with E-state index in [0.717, 1.165) is 5.56 Å². The van der Waals surface area contributed by atoms with Crippen LogP contribution < -0.4 is 10.5 Å². The van der Waals surface area contributed by atoms with Crippen LogP contribution in [0.2, 0.25) is 0 Å². The van der Waals surface area contributed by atoms with Gasteiger partial charge < -0.3 is 9.80 Å². The molecule has 2 aromatic heterocycles. The van der Waals surface area contributed by atoms with Crippen molar-refractivity contribution in [3.05, 3.63) is 52.4 Å². The summed E-state index contributed by atoms with van der Waals surface area (Å²) < 4.78 is 1.78. The average molecular weight is 423 g/mol. The Morgan fingerprint density at radius 2 is 1.65 bits per heavy atom. The third kappa shape index (κ3) is 3.82. The third-order valence-corrected chi connectivity index (χ3v) is 5.96. The number of carbonyl (C=O) groups excluding carboxylic acids is 1. The number of aromatic amines is 1. The van der Waals surface area contributed by atoms with Crippen molar-refractivity contribution in [1.29, 1.82) is 0 Å². The van der Waals surface area contributed by atoms with Gasteiger partial charge in [0, 0.05) is 26.2 Å². The number of nitrogens with zero attached hydrogens (tertiary/aromatic N) is 5. The highest BCUT2D eigenvalue weighted by atomic mass is 16.2. The van der Waals surface area contributed by atoms with E-state index in [1.165, 1.54) is 0 Å². The predicted molar refractivity (Wildman–Crippen MR) is 121 cm³/mol. The Bertz CT molecular complexity index is 1150. The lowest BCUT2D eigenvalue weighted by molar-refractivity contribution is -0.136. The van der Waals surface area contributed by atoms with Crippen LogP contribution in [-0.4, -0.2) is 56.7 Å². The molecule has 0 saturated carbocycles. The number of fused-ring (bicyclic) bond motifs is 1. The van der Waals surface area contributed by atoms with E-state index in [0.29, 0.717) is 43.2 Å². The van der Waals surface area contributed by atoms with Crippen LogP contribution in [0.3, 0.4) is 0 Å². The van der Waals surface area contributed by atoms with Gasteiger partial charge in [0.15, 0.2) is 5.65 Å². The number of anilines is 1. The van der Waals surface area contributed by atoms with E-state index in [9.17, 15) is 9.59 Å². The molecule has 1 aliphatic heterocycles. The van der Waals surface area contributed by atoms with Gasteiger partial charge in [-0.3, -0.25) is 14.6 Å². The monoisotopic (exact) mass is 422 g/mol. The number of H-pyrrole nitrogens is 1. The molecule has 1 aromatic carbocycles. The van der Waals surface area contributed by atoms with Crippen molar-refractivity contribution >= 4 is 22.9 Å². The second kappa shape index (κ2) is 7.51. The number of rotatable bonds is 3. The lowest BCUT2D eigenvalue weighted by Crippen LogP contribution is -2.53. The van der Waals surface area contributed by atoms with Crippen molar-refractivity contribution < 1.29 is 4.79 Å². The Labute approximate surface area is 181 Å². The van der Waals surface area contributed by atoms with Crippen LogP contribution in [0.25, 0.3) is 11.0 Å². The normalized spacial score (nSPS) is 15.5. The molecule has 1 N–H and O–H groups in total. The minimum Gasteiger partial charge on any atom is -0.339 e. The molecule has 4 rings (SSSR count). The molecule has 0 aliphatic carbocycles. The Balaban J connectivity index is 1.53. The summed E-state index contributed by atoms with van der Waals surface area (Å²) in [6.45, 7) is 12.4. The van der Waals surface area contributed by atoms with Gasteiger partial charge >= 0.3 is 0 Å². The molecular weight excluding hydrogens is 392 g/mol. The standard InChI is InChI=1S/C23H30N6O2/c1-22(2,3)29-18-17(15-24-29)19(30)26-21(25-18)28-13-11-27(12-14-28)20(31)23(4,5)16-9-7-6-8-10-16/h6-10,15H,11-14H2,1-5H3,(H,25,26,30). The molecule has 0 radical (unpaired) electrons. The van der Waals surface area contributed by atoms with Crippen LogP contribution in [0.5, 0.6) is 0 Å². The fourth-order valence-corrected chi connectivity index (χ4v) is 4.04. The summed E-state index contributed by atoms with van der Waals surface area (Å²) in [5, 5.41) is 4.85. The van der Waals surface area contributed by atoms with Gasteiger partial charge in [0.25, 0.3) is 5.56 Å². The van der Waals surface area contributed by atoms with Gasteiger partial charge in [-0.25, -0.2) is 4.68 Å². The van der Waals surface area contributed by atoms with Crippen LogP contribution in [0.4, 0.5) is 5.95 Å². The SMILES string of the molecule is CC(C)(C(=O)N1CCN(c2nc3c(cnn3C(C)(C)C)c(=O)[nH]2)CC1)c1ccccc1. The van der Waals surface area contributed by atoms with Gasteiger partial charge in [-0.2, -0.15) is 10.1 Å². The maximum absolute atomic E-state index is 13.2. The summed E-state index contributed by atoms with van der Waals surface area (Å²) in [5.41, 5.74) is 0.519. The number of aromatic nitrogens is 4. The molecule has 164 valence electrons. The first-order chi connectivity index (χ1) is 14.6. The van der Waals surface area contributed by atoms with Crippen LogP contribution in [0, 0.1) is 0 Å². The van der Waals surface area contributed by atoms with Crippen LogP contribution in [0.15, 0.2) is 41.3 Å². The first kappa shape index (κ1) is 21.1. The number of hydrogen-bond donors (Lipinski definition) is 1. The quantitative estimate of drug-likeness (QED) is 0.701. The summed E-state index contributed by atoms with van der Waals surface area (Å²) in [5.74, 6) is 0.638. The average Bonchev–Trinajstić information content (AvgIpc) is 3.19. The van der Waals surface area contributed by atoms with Crippen molar-refractivity contribution in [2.45, 2.75) is 45.6 Å². The molecule has 0 bridgehead atoms. The van der Waals surface area contributed by atoms with Gasteiger partial charge in [-0.15, -0.1) is 0 Å². The Hall–Kier alpha value is -3.16. The summed E-state index contributed by atoms with van der Waals surface area (Å²) in [4.78, 5) is 37.4. The van der Waals surface area contributed by atoms with Crippen molar-refractivity contribution in [2.24, 2.45) is 0 Å². The zero-order valence-electron chi connectivity index (χ0n) is 18.8. The molecular formula is C23H30N6O2. The summed E-state index contributed by atoms with van der Waals surface area (Å²) in [6.07, 6.45) is 1.57. The van der Waals surface area contributed by atoms with Gasteiger partial charge in [0.2, 0.25) is 11.9 Å². The smallest absolute Gasteiger partial charge is 0.263 e.